The van der Waals surface area contributed by atoms with Crippen molar-refractivity contribution >= 4 is 21.4 Å². The van der Waals surface area contributed by atoms with E-state index < -0.39 is 15.3 Å². The number of para-hydroxylation sites is 2. The van der Waals surface area contributed by atoms with Gasteiger partial charge in [0, 0.05) is 13.1 Å². The first kappa shape index (κ1) is 14.1. The number of morpholine rings is 1. The molecule has 106 valence electrons. The van der Waals surface area contributed by atoms with Crippen LogP contribution in [0.1, 0.15) is 13.8 Å². The average Bonchev–Trinajstić information content (AvgIpc) is 2.40. The van der Waals surface area contributed by atoms with Gasteiger partial charge in [-0.05, 0) is 26.0 Å². The molecule has 0 atom stereocenters. The van der Waals surface area contributed by atoms with E-state index in [0.717, 1.165) is 18.8 Å². The Morgan fingerprint density at radius 3 is 2.47 bits per heavy atom. The van der Waals surface area contributed by atoms with Crippen LogP contribution in [0.25, 0.3) is 0 Å². The molecule has 1 aliphatic heterocycles. The van der Waals surface area contributed by atoms with Gasteiger partial charge in [0.05, 0.1) is 29.8 Å². The first-order chi connectivity index (χ1) is 9.00. The van der Waals surface area contributed by atoms with Gasteiger partial charge in [0.1, 0.15) is 0 Å². The highest BCUT2D eigenvalue weighted by Gasteiger charge is 2.20. The van der Waals surface area contributed by atoms with Gasteiger partial charge in [-0.2, -0.15) is 0 Å². The van der Waals surface area contributed by atoms with Gasteiger partial charge in [-0.3, -0.25) is 4.72 Å². The Morgan fingerprint density at radius 2 is 1.84 bits per heavy atom. The maximum atomic E-state index is 12.0. The molecule has 6 heteroatoms. The lowest BCUT2D eigenvalue weighted by molar-refractivity contribution is 0.123. The molecule has 0 aliphatic carbocycles. The summed E-state index contributed by atoms with van der Waals surface area (Å²) in [7, 11) is -3.32. The molecule has 0 bridgehead atoms. The molecule has 0 saturated carbocycles. The van der Waals surface area contributed by atoms with Crippen LogP contribution in [0.15, 0.2) is 24.3 Å². The molecule has 1 saturated heterocycles. The SMILES string of the molecule is CC(C)S(=O)(=O)Nc1ccccc1N1CCOCC1. The van der Waals surface area contributed by atoms with E-state index in [-0.39, 0.29) is 0 Å². The van der Waals surface area contributed by atoms with Gasteiger partial charge in [0.25, 0.3) is 0 Å². The molecular weight excluding hydrogens is 264 g/mol. The molecule has 2 rings (SSSR count). The van der Waals surface area contributed by atoms with Crippen molar-refractivity contribution in [2.75, 3.05) is 35.9 Å². The summed E-state index contributed by atoms with van der Waals surface area (Å²) in [5.74, 6) is 0. The lowest BCUT2D eigenvalue weighted by atomic mass is 10.2. The first-order valence-corrected chi connectivity index (χ1v) is 7.98. The van der Waals surface area contributed by atoms with E-state index in [1.165, 1.54) is 0 Å². The zero-order valence-corrected chi connectivity index (χ0v) is 12.1. The predicted octanol–water partition coefficient (Wildman–Crippen LogP) is 1.67. The monoisotopic (exact) mass is 284 g/mol. The molecule has 19 heavy (non-hydrogen) atoms. The largest absolute Gasteiger partial charge is 0.378 e. The fourth-order valence-corrected chi connectivity index (χ4v) is 2.63. The summed E-state index contributed by atoms with van der Waals surface area (Å²) in [6.45, 7) is 6.23. The number of anilines is 2. The van der Waals surface area contributed by atoms with Crippen LogP contribution in [0.5, 0.6) is 0 Å². The average molecular weight is 284 g/mol. The summed E-state index contributed by atoms with van der Waals surface area (Å²) in [6, 6.07) is 7.48. The smallest absolute Gasteiger partial charge is 0.235 e. The van der Waals surface area contributed by atoms with E-state index in [2.05, 4.69) is 9.62 Å². The van der Waals surface area contributed by atoms with Crippen molar-refractivity contribution in [3.05, 3.63) is 24.3 Å². The topological polar surface area (TPSA) is 58.6 Å². The van der Waals surface area contributed by atoms with Crippen LogP contribution in [-0.4, -0.2) is 40.0 Å². The molecule has 0 radical (unpaired) electrons. The minimum absolute atomic E-state index is 0.453. The Hall–Kier alpha value is -1.27. The third-order valence-electron chi connectivity index (χ3n) is 3.13. The van der Waals surface area contributed by atoms with Crippen molar-refractivity contribution in [2.24, 2.45) is 0 Å². The maximum absolute atomic E-state index is 12.0. The highest BCUT2D eigenvalue weighted by molar-refractivity contribution is 7.93. The Kier molecular flexibility index (Phi) is 4.31. The number of ether oxygens (including phenoxy) is 1. The number of nitrogens with zero attached hydrogens (tertiary/aromatic N) is 1. The van der Waals surface area contributed by atoms with Crippen LogP contribution in [0, 0.1) is 0 Å². The zero-order valence-electron chi connectivity index (χ0n) is 11.3. The van der Waals surface area contributed by atoms with Crippen LogP contribution < -0.4 is 9.62 Å². The molecule has 1 N–H and O–H groups in total. The van der Waals surface area contributed by atoms with Crippen LogP contribution >= 0.6 is 0 Å². The molecule has 0 aromatic heterocycles. The third kappa shape index (κ3) is 3.39. The van der Waals surface area contributed by atoms with Crippen molar-refractivity contribution in [1.29, 1.82) is 0 Å². The second-order valence-corrected chi connectivity index (χ2v) is 7.05. The lowest BCUT2D eigenvalue weighted by Gasteiger charge is -2.30. The third-order valence-corrected chi connectivity index (χ3v) is 4.87. The second kappa shape index (κ2) is 5.79. The van der Waals surface area contributed by atoms with E-state index in [1.54, 1.807) is 19.9 Å². The van der Waals surface area contributed by atoms with Gasteiger partial charge in [-0.1, -0.05) is 12.1 Å². The van der Waals surface area contributed by atoms with Crippen LogP contribution in [0.2, 0.25) is 0 Å². The maximum Gasteiger partial charge on any atom is 0.235 e. The molecule has 5 nitrogen and oxygen atoms in total. The standard InChI is InChI=1S/C13H20N2O3S/c1-11(2)19(16,17)14-12-5-3-4-6-13(12)15-7-9-18-10-8-15/h3-6,11,14H,7-10H2,1-2H3. The Bertz CT molecular complexity index is 522. The molecule has 1 aromatic carbocycles. The van der Waals surface area contributed by atoms with Gasteiger partial charge >= 0.3 is 0 Å². The highest BCUT2D eigenvalue weighted by atomic mass is 32.2. The summed E-state index contributed by atoms with van der Waals surface area (Å²) in [6.07, 6.45) is 0. The van der Waals surface area contributed by atoms with Crippen LogP contribution in [0.3, 0.4) is 0 Å². The van der Waals surface area contributed by atoms with Crippen LogP contribution in [-0.2, 0) is 14.8 Å². The van der Waals surface area contributed by atoms with Crippen molar-refractivity contribution in [3.63, 3.8) is 0 Å². The minimum atomic E-state index is -3.32. The van der Waals surface area contributed by atoms with Crippen molar-refractivity contribution in [2.45, 2.75) is 19.1 Å². The van der Waals surface area contributed by atoms with E-state index >= 15 is 0 Å². The van der Waals surface area contributed by atoms with E-state index in [1.807, 2.05) is 18.2 Å². The van der Waals surface area contributed by atoms with Crippen molar-refractivity contribution in [1.82, 2.24) is 0 Å². The molecule has 0 unspecified atom stereocenters. The molecule has 0 amide bonds. The Balaban J connectivity index is 2.26. The number of rotatable bonds is 4. The number of benzene rings is 1. The number of sulfonamides is 1. The van der Waals surface area contributed by atoms with Gasteiger partial charge in [-0.25, -0.2) is 8.42 Å². The van der Waals surface area contributed by atoms with Gasteiger partial charge in [0.15, 0.2) is 0 Å². The summed E-state index contributed by atoms with van der Waals surface area (Å²) in [4.78, 5) is 2.14. The fraction of sp³-hybridized carbons (Fsp3) is 0.538. The summed E-state index contributed by atoms with van der Waals surface area (Å²) >= 11 is 0. The van der Waals surface area contributed by atoms with Gasteiger partial charge in [-0.15, -0.1) is 0 Å². The number of hydrogen-bond acceptors (Lipinski definition) is 4. The highest BCUT2D eigenvalue weighted by Crippen LogP contribution is 2.27. The lowest BCUT2D eigenvalue weighted by Crippen LogP contribution is -2.37. The van der Waals surface area contributed by atoms with Crippen molar-refractivity contribution in [3.8, 4) is 0 Å². The zero-order chi connectivity index (χ0) is 13.9. The molecule has 1 aromatic rings. The van der Waals surface area contributed by atoms with E-state index in [4.69, 9.17) is 4.74 Å². The van der Waals surface area contributed by atoms with E-state index in [0.29, 0.717) is 18.9 Å². The fourth-order valence-electron chi connectivity index (χ4n) is 1.91. The summed E-state index contributed by atoms with van der Waals surface area (Å²) in [5.41, 5.74) is 1.55. The molecule has 0 spiro atoms. The summed E-state index contributed by atoms with van der Waals surface area (Å²) < 4.78 is 32.0. The molecular formula is C13H20N2O3S. The van der Waals surface area contributed by atoms with Crippen molar-refractivity contribution < 1.29 is 13.2 Å². The molecule has 1 fully saturated rings. The second-order valence-electron chi connectivity index (χ2n) is 4.81. The normalized spacial score (nSPS) is 16.7. The van der Waals surface area contributed by atoms with Crippen LogP contribution in [0.4, 0.5) is 11.4 Å². The minimum Gasteiger partial charge on any atom is -0.378 e. The number of hydrogen-bond donors (Lipinski definition) is 1. The predicted molar refractivity (Wildman–Crippen MR) is 77.2 cm³/mol. The Morgan fingerprint density at radius 1 is 1.21 bits per heavy atom. The Labute approximate surface area is 114 Å². The first-order valence-electron chi connectivity index (χ1n) is 6.44. The molecule has 1 heterocycles. The summed E-state index contributed by atoms with van der Waals surface area (Å²) in [5, 5.41) is -0.453. The quantitative estimate of drug-likeness (QED) is 0.914. The van der Waals surface area contributed by atoms with Gasteiger partial charge < -0.3 is 9.64 Å². The molecule has 1 aliphatic rings. The van der Waals surface area contributed by atoms with E-state index in [9.17, 15) is 8.42 Å². The number of nitrogens with one attached hydrogen (secondary N) is 1. The van der Waals surface area contributed by atoms with Gasteiger partial charge in [0.2, 0.25) is 10.0 Å².